The molecule has 0 aromatic heterocycles. The molecule has 4 rings (SSSR count). The molecule has 8 heteroatoms. The zero-order valence-corrected chi connectivity index (χ0v) is 21.4. The smallest absolute Gasteiger partial charge is 0.338 e. The zero-order chi connectivity index (χ0) is 25.8. The van der Waals surface area contributed by atoms with Gasteiger partial charge in [0.05, 0.1) is 18.2 Å². The molecule has 3 amide bonds. The molecule has 2 aromatic rings. The second kappa shape index (κ2) is 11.0. The maximum absolute atomic E-state index is 13.2. The Labute approximate surface area is 212 Å². The number of nitrogens with one attached hydrogen (secondary N) is 1. The number of piperazine rings is 1. The van der Waals surface area contributed by atoms with Crippen LogP contribution in [0, 0.1) is 6.92 Å². The summed E-state index contributed by atoms with van der Waals surface area (Å²) in [6.45, 7) is 8.23. The highest BCUT2D eigenvalue weighted by atomic mass is 16.5. The lowest BCUT2D eigenvalue weighted by Gasteiger charge is -2.42. The molecule has 0 unspecified atom stereocenters. The summed E-state index contributed by atoms with van der Waals surface area (Å²) < 4.78 is 5.45. The quantitative estimate of drug-likeness (QED) is 0.628. The van der Waals surface area contributed by atoms with Crippen molar-refractivity contribution in [3.8, 4) is 0 Å². The second-order valence-corrected chi connectivity index (χ2v) is 9.33. The van der Waals surface area contributed by atoms with E-state index in [1.165, 1.54) is 4.90 Å². The van der Waals surface area contributed by atoms with Crippen molar-refractivity contribution in [3.05, 3.63) is 82.6 Å². The molecule has 0 radical (unpaired) electrons. The number of carbonyl (C=O) groups excluding carboxylic acids is 3. The third-order valence-electron chi connectivity index (χ3n) is 6.94. The van der Waals surface area contributed by atoms with Crippen LogP contribution in [0.1, 0.15) is 41.4 Å². The molecule has 2 atom stereocenters. The first kappa shape index (κ1) is 25.4. The largest absolute Gasteiger partial charge is 0.463 e. The van der Waals surface area contributed by atoms with E-state index in [-0.39, 0.29) is 24.6 Å². The predicted octanol–water partition coefficient (Wildman–Crippen LogP) is 3.35. The van der Waals surface area contributed by atoms with Crippen molar-refractivity contribution in [1.82, 2.24) is 20.0 Å². The number of hydrogen-bond donors (Lipinski definition) is 1. The fourth-order valence-corrected chi connectivity index (χ4v) is 4.98. The van der Waals surface area contributed by atoms with Crippen LogP contribution >= 0.6 is 0 Å². The van der Waals surface area contributed by atoms with Crippen LogP contribution in [0.3, 0.4) is 0 Å². The minimum atomic E-state index is -0.595. The third kappa shape index (κ3) is 5.14. The van der Waals surface area contributed by atoms with Crippen molar-refractivity contribution in [1.29, 1.82) is 0 Å². The highest BCUT2D eigenvalue weighted by molar-refractivity contribution is 5.95. The van der Waals surface area contributed by atoms with Gasteiger partial charge in [-0.15, -0.1) is 0 Å². The Morgan fingerprint density at radius 2 is 1.75 bits per heavy atom. The van der Waals surface area contributed by atoms with Gasteiger partial charge in [0.2, 0.25) is 0 Å². The van der Waals surface area contributed by atoms with Crippen LogP contribution in [0.4, 0.5) is 4.79 Å². The molecule has 0 aliphatic carbocycles. The first-order valence-corrected chi connectivity index (χ1v) is 12.4. The molecule has 2 heterocycles. The number of aryl methyl sites for hydroxylation is 1. The number of hydrogen-bond acceptors (Lipinski definition) is 5. The van der Waals surface area contributed by atoms with E-state index < -0.39 is 12.0 Å². The Kier molecular flexibility index (Phi) is 7.74. The van der Waals surface area contributed by atoms with Crippen LogP contribution in [-0.2, 0) is 9.53 Å². The minimum Gasteiger partial charge on any atom is -0.463 e. The van der Waals surface area contributed by atoms with Gasteiger partial charge in [-0.2, -0.15) is 0 Å². The Morgan fingerprint density at radius 1 is 1.06 bits per heavy atom. The summed E-state index contributed by atoms with van der Waals surface area (Å²) in [4.78, 5) is 44.8. The van der Waals surface area contributed by atoms with Gasteiger partial charge in [0.15, 0.2) is 0 Å². The van der Waals surface area contributed by atoms with Gasteiger partial charge >= 0.3 is 12.0 Å². The van der Waals surface area contributed by atoms with Crippen LogP contribution in [0.5, 0.6) is 0 Å². The molecule has 2 aromatic carbocycles. The van der Waals surface area contributed by atoms with Crippen molar-refractivity contribution in [2.45, 2.75) is 32.9 Å². The SMILES string of the molecule is CCOC(=O)C1=C(CN2CCN(C(=O)c3ccccc3)[C@H](C)C2)N(C)C(=O)N[C@@H]1c1ccccc1C. The fraction of sp³-hybridized carbons (Fsp3) is 0.393. The number of ether oxygens (including phenoxy) is 1. The number of urea groups is 1. The number of rotatable bonds is 6. The van der Waals surface area contributed by atoms with E-state index in [4.69, 9.17) is 4.74 Å². The molecule has 36 heavy (non-hydrogen) atoms. The lowest BCUT2D eigenvalue weighted by atomic mass is 9.91. The third-order valence-corrected chi connectivity index (χ3v) is 6.94. The second-order valence-electron chi connectivity index (χ2n) is 9.33. The molecule has 2 aliphatic heterocycles. The van der Waals surface area contributed by atoms with E-state index in [9.17, 15) is 14.4 Å². The van der Waals surface area contributed by atoms with Crippen molar-refractivity contribution in [3.63, 3.8) is 0 Å². The van der Waals surface area contributed by atoms with Gasteiger partial charge in [0, 0.05) is 50.5 Å². The summed E-state index contributed by atoms with van der Waals surface area (Å²) in [5.74, 6) is -0.415. The molecule has 1 fully saturated rings. The zero-order valence-electron chi connectivity index (χ0n) is 21.4. The minimum absolute atomic E-state index is 0.0166. The van der Waals surface area contributed by atoms with Crippen molar-refractivity contribution >= 4 is 17.9 Å². The Hall–Kier alpha value is -3.65. The number of likely N-dealkylation sites (N-methyl/N-ethyl adjacent to an activating group) is 1. The van der Waals surface area contributed by atoms with E-state index in [0.717, 1.165) is 11.1 Å². The molecular weight excluding hydrogens is 456 g/mol. The maximum Gasteiger partial charge on any atom is 0.338 e. The Balaban J connectivity index is 1.62. The maximum atomic E-state index is 13.2. The van der Waals surface area contributed by atoms with Crippen LogP contribution in [-0.4, -0.2) is 78.5 Å². The van der Waals surface area contributed by atoms with Crippen LogP contribution in [0.15, 0.2) is 65.9 Å². The van der Waals surface area contributed by atoms with Crippen molar-refractivity contribution in [2.24, 2.45) is 0 Å². The van der Waals surface area contributed by atoms with Crippen LogP contribution in [0.25, 0.3) is 0 Å². The molecule has 190 valence electrons. The fourth-order valence-electron chi connectivity index (χ4n) is 4.98. The van der Waals surface area contributed by atoms with E-state index >= 15 is 0 Å². The van der Waals surface area contributed by atoms with Crippen molar-refractivity contribution < 1.29 is 19.1 Å². The Morgan fingerprint density at radius 3 is 2.42 bits per heavy atom. The first-order chi connectivity index (χ1) is 17.3. The summed E-state index contributed by atoms with van der Waals surface area (Å²) >= 11 is 0. The highest BCUT2D eigenvalue weighted by Gasteiger charge is 2.38. The average molecular weight is 491 g/mol. The molecule has 1 N–H and O–H groups in total. The van der Waals surface area contributed by atoms with Gasteiger partial charge in [0.25, 0.3) is 5.91 Å². The van der Waals surface area contributed by atoms with Gasteiger partial charge in [-0.05, 0) is 44.0 Å². The first-order valence-electron chi connectivity index (χ1n) is 12.4. The van der Waals surface area contributed by atoms with Gasteiger partial charge in [-0.3, -0.25) is 14.6 Å². The van der Waals surface area contributed by atoms with Crippen molar-refractivity contribution in [2.75, 3.05) is 39.8 Å². The molecule has 8 nitrogen and oxygen atoms in total. The number of benzene rings is 2. The molecular formula is C28H34N4O4. The lowest BCUT2D eigenvalue weighted by Crippen LogP contribution is -2.56. The average Bonchev–Trinajstić information content (AvgIpc) is 2.87. The molecule has 0 saturated carbocycles. The van der Waals surface area contributed by atoms with Crippen LogP contribution in [0.2, 0.25) is 0 Å². The number of carbonyl (C=O) groups is 3. The standard InChI is InChI=1S/C28H34N4O4/c1-5-36-27(34)24-23(30(4)28(35)29-25(24)22-14-10-9-11-19(22)2)18-31-15-16-32(20(3)17-31)26(33)21-12-7-6-8-13-21/h6-14,20,25H,5,15-18H2,1-4H3,(H,29,35)/t20-,25-/m1/s1. The highest BCUT2D eigenvalue weighted by Crippen LogP contribution is 2.33. The normalized spacial score (nSPS) is 20.8. The summed E-state index contributed by atoms with van der Waals surface area (Å²) in [6, 6.07) is 16.1. The Bertz CT molecular complexity index is 1160. The van der Waals surface area contributed by atoms with Crippen LogP contribution < -0.4 is 5.32 Å². The molecule has 0 spiro atoms. The predicted molar refractivity (Wildman–Crippen MR) is 137 cm³/mol. The lowest BCUT2D eigenvalue weighted by molar-refractivity contribution is -0.139. The van der Waals surface area contributed by atoms with Gasteiger partial charge in [0.1, 0.15) is 0 Å². The van der Waals surface area contributed by atoms with Gasteiger partial charge < -0.3 is 15.0 Å². The summed E-state index contributed by atoms with van der Waals surface area (Å²) in [6.07, 6.45) is 0. The number of amides is 3. The van der Waals surface area contributed by atoms with Gasteiger partial charge in [-0.1, -0.05) is 42.5 Å². The molecule has 1 saturated heterocycles. The molecule has 0 bridgehead atoms. The summed E-state index contributed by atoms with van der Waals surface area (Å²) in [5, 5.41) is 2.99. The topological polar surface area (TPSA) is 82.2 Å². The molecule has 2 aliphatic rings. The number of esters is 1. The van der Waals surface area contributed by atoms with E-state index in [0.29, 0.717) is 43.0 Å². The van der Waals surface area contributed by atoms with Gasteiger partial charge in [-0.25, -0.2) is 9.59 Å². The van der Waals surface area contributed by atoms with E-state index in [1.54, 1.807) is 14.0 Å². The summed E-state index contributed by atoms with van der Waals surface area (Å²) in [7, 11) is 1.68. The summed E-state index contributed by atoms with van der Waals surface area (Å²) in [5.41, 5.74) is 3.60. The van der Waals surface area contributed by atoms with E-state index in [1.807, 2.05) is 73.3 Å². The number of nitrogens with zero attached hydrogens (tertiary/aromatic N) is 3. The van der Waals surface area contributed by atoms with E-state index in [2.05, 4.69) is 10.2 Å². The monoisotopic (exact) mass is 490 g/mol.